The lowest BCUT2D eigenvalue weighted by Crippen LogP contribution is -1.98. The first kappa shape index (κ1) is 13.5. The van der Waals surface area contributed by atoms with Gasteiger partial charge in [-0.2, -0.15) is 5.10 Å². The minimum atomic E-state index is -0.322. The Labute approximate surface area is 131 Å². The van der Waals surface area contributed by atoms with Crippen LogP contribution in [0.2, 0.25) is 0 Å². The quantitative estimate of drug-likeness (QED) is 0.584. The second-order valence-electron chi connectivity index (χ2n) is 5.08. The highest BCUT2D eigenvalue weighted by Gasteiger charge is 2.12. The molecule has 0 unspecified atom stereocenters. The second kappa shape index (κ2) is 5.57. The van der Waals surface area contributed by atoms with Gasteiger partial charge in [0.1, 0.15) is 5.82 Å². The zero-order valence-corrected chi connectivity index (χ0v) is 12.1. The Morgan fingerprint density at radius 2 is 1.83 bits per heavy atom. The average molecular weight is 305 g/mol. The Bertz CT molecular complexity index is 965. The molecule has 6 heteroatoms. The minimum absolute atomic E-state index is 0.322. The molecule has 4 aromatic rings. The van der Waals surface area contributed by atoms with Crippen LogP contribution in [0.5, 0.6) is 0 Å². The van der Waals surface area contributed by atoms with Crippen molar-refractivity contribution in [2.24, 2.45) is 0 Å². The first-order chi connectivity index (χ1) is 11.3. The number of hydrogen-bond donors (Lipinski definition) is 0. The Hall–Kier alpha value is -3.15. The summed E-state index contributed by atoms with van der Waals surface area (Å²) >= 11 is 0. The molecule has 0 atom stereocenters. The van der Waals surface area contributed by atoms with Crippen molar-refractivity contribution in [3.05, 3.63) is 78.4 Å². The molecule has 23 heavy (non-hydrogen) atoms. The number of aromatic nitrogens is 5. The summed E-state index contributed by atoms with van der Waals surface area (Å²) < 4.78 is 15.6. The number of nitrogens with zero attached hydrogens (tertiary/aromatic N) is 5. The molecular formula is C17H12FN5. The summed E-state index contributed by atoms with van der Waals surface area (Å²) in [7, 11) is 0. The van der Waals surface area contributed by atoms with E-state index < -0.39 is 0 Å². The number of pyridine rings is 2. The topological polar surface area (TPSA) is 56.0 Å². The molecule has 0 aromatic carbocycles. The van der Waals surface area contributed by atoms with Crippen molar-refractivity contribution in [3.8, 4) is 11.3 Å². The predicted octanol–water partition coefficient (Wildman–Crippen LogP) is 2.92. The number of hydrogen-bond acceptors (Lipinski definition) is 4. The van der Waals surface area contributed by atoms with Crippen molar-refractivity contribution in [2.75, 3.05) is 0 Å². The van der Waals surface area contributed by atoms with E-state index in [2.05, 4.69) is 20.1 Å². The first-order valence-corrected chi connectivity index (χ1v) is 7.14. The van der Waals surface area contributed by atoms with Crippen LogP contribution in [0, 0.1) is 5.82 Å². The summed E-state index contributed by atoms with van der Waals surface area (Å²) in [5, 5.41) is 4.40. The highest BCUT2D eigenvalue weighted by molar-refractivity contribution is 5.63. The van der Waals surface area contributed by atoms with E-state index in [9.17, 15) is 4.39 Å². The van der Waals surface area contributed by atoms with E-state index >= 15 is 0 Å². The minimum Gasteiger partial charge on any atom is -0.265 e. The molecule has 5 nitrogen and oxygen atoms in total. The van der Waals surface area contributed by atoms with Gasteiger partial charge in [0, 0.05) is 42.3 Å². The maximum absolute atomic E-state index is 13.8. The van der Waals surface area contributed by atoms with Crippen LogP contribution in [0.15, 0.2) is 61.3 Å². The van der Waals surface area contributed by atoms with Crippen molar-refractivity contribution in [2.45, 2.75) is 6.42 Å². The summed E-state index contributed by atoms with van der Waals surface area (Å²) in [6, 6.07) is 8.70. The lowest BCUT2D eigenvalue weighted by atomic mass is 10.1. The molecule has 0 aliphatic rings. The van der Waals surface area contributed by atoms with Gasteiger partial charge in [-0.1, -0.05) is 0 Å². The lowest BCUT2D eigenvalue weighted by molar-refractivity contribution is 0.604. The van der Waals surface area contributed by atoms with Gasteiger partial charge in [0.25, 0.3) is 0 Å². The average Bonchev–Trinajstić information content (AvgIpc) is 3.01. The maximum atomic E-state index is 13.8. The molecular weight excluding hydrogens is 293 g/mol. The maximum Gasteiger partial charge on any atom is 0.159 e. The van der Waals surface area contributed by atoms with Gasteiger partial charge in [-0.3, -0.25) is 9.97 Å². The largest absolute Gasteiger partial charge is 0.265 e. The van der Waals surface area contributed by atoms with Gasteiger partial charge in [-0.15, -0.1) is 0 Å². The monoisotopic (exact) mass is 305 g/mol. The van der Waals surface area contributed by atoms with Crippen LogP contribution in [0.3, 0.4) is 0 Å². The van der Waals surface area contributed by atoms with Crippen LogP contribution in [-0.4, -0.2) is 24.6 Å². The van der Waals surface area contributed by atoms with E-state index in [1.54, 1.807) is 41.6 Å². The predicted molar refractivity (Wildman–Crippen MR) is 83.2 cm³/mol. The standard InChI is InChI=1S/C17H12FN5/c18-14-2-1-6-20-15(14)10-13-11-22-23-16(5-9-21-17(13)23)12-3-7-19-8-4-12/h1-9,11H,10H2. The van der Waals surface area contributed by atoms with Gasteiger partial charge < -0.3 is 0 Å². The van der Waals surface area contributed by atoms with E-state index in [1.807, 2.05) is 18.2 Å². The molecule has 0 radical (unpaired) electrons. The van der Waals surface area contributed by atoms with E-state index in [0.717, 1.165) is 16.8 Å². The Balaban J connectivity index is 1.81. The van der Waals surface area contributed by atoms with Crippen molar-refractivity contribution in [1.29, 1.82) is 0 Å². The van der Waals surface area contributed by atoms with Gasteiger partial charge in [-0.05, 0) is 30.3 Å². The normalized spacial score (nSPS) is 11.0. The van der Waals surface area contributed by atoms with E-state index in [1.165, 1.54) is 6.07 Å². The van der Waals surface area contributed by atoms with E-state index in [0.29, 0.717) is 17.8 Å². The third-order valence-electron chi connectivity index (χ3n) is 3.64. The highest BCUT2D eigenvalue weighted by Crippen LogP contribution is 2.21. The van der Waals surface area contributed by atoms with Crippen molar-refractivity contribution < 1.29 is 4.39 Å². The molecule has 4 rings (SSSR count). The summed E-state index contributed by atoms with van der Waals surface area (Å²) in [4.78, 5) is 12.5. The fourth-order valence-corrected chi connectivity index (χ4v) is 2.53. The molecule has 0 aliphatic heterocycles. The fraction of sp³-hybridized carbons (Fsp3) is 0.0588. The summed E-state index contributed by atoms with van der Waals surface area (Å²) in [6.45, 7) is 0. The molecule has 0 N–H and O–H groups in total. The fourth-order valence-electron chi connectivity index (χ4n) is 2.53. The number of rotatable bonds is 3. The van der Waals surface area contributed by atoms with Crippen LogP contribution in [0.4, 0.5) is 4.39 Å². The second-order valence-corrected chi connectivity index (χ2v) is 5.08. The zero-order valence-electron chi connectivity index (χ0n) is 12.1. The van der Waals surface area contributed by atoms with Crippen molar-refractivity contribution in [1.82, 2.24) is 24.6 Å². The van der Waals surface area contributed by atoms with Crippen LogP contribution >= 0.6 is 0 Å². The first-order valence-electron chi connectivity index (χ1n) is 7.14. The van der Waals surface area contributed by atoms with Crippen molar-refractivity contribution >= 4 is 5.65 Å². The summed E-state index contributed by atoms with van der Waals surface area (Å²) in [5.41, 5.74) is 3.82. The third-order valence-corrected chi connectivity index (χ3v) is 3.64. The zero-order chi connectivity index (χ0) is 15.6. The molecule has 0 bridgehead atoms. The van der Waals surface area contributed by atoms with E-state index in [-0.39, 0.29) is 5.82 Å². The van der Waals surface area contributed by atoms with Gasteiger partial charge in [0.15, 0.2) is 5.65 Å². The van der Waals surface area contributed by atoms with Gasteiger partial charge in [-0.25, -0.2) is 13.9 Å². The van der Waals surface area contributed by atoms with Gasteiger partial charge in [0.2, 0.25) is 0 Å². The molecule has 0 fully saturated rings. The molecule has 0 aliphatic carbocycles. The molecule has 0 saturated heterocycles. The lowest BCUT2D eigenvalue weighted by Gasteiger charge is -2.05. The molecule has 112 valence electrons. The van der Waals surface area contributed by atoms with Crippen molar-refractivity contribution in [3.63, 3.8) is 0 Å². The van der Waals surface area contributed by atoms with Gasteiger partial charge in [0.05, 0.1) is 17.6 Å². The van der Waals surface area contributed by atoms with Crippen LogP contribution in [-0.2, 0) is 6.42 Å². The molecule has 4 aromatic heterocycles. The Morgan fingerprint density at radius 1 is 0.957 bits per heavy atom. The Morgan fingerprint density at radius 3 is 2.65 bits per heavy atom. The smallest absolute Gasteiger partial charge is 0.159 e. The Kier molecular flexibility index (Phi) is 3.27. The number of halogens is 1. The highest BCUT2D eigenvalue weighted by atomic mass is 19.1. The van der Waals surface area contributed by atoms with Crippen LogP contribution in [0.1, 0.15) is 11.3 Å². The van der Waals surface area contributed by atoms with E-state index in [4.69, 9.17) is 0 Å². The molecule has 0 amide bonds. The molecule has 0 saturated carbocycles. The van der Waals surface area contributed by atoms with Crippen LogP contribution < -0.4 is 0 Å². The summed E-state index contributed by atoms with van der Waals surface area (Å²) in [6.07, 6.45) is 8.83. The summed E-state index contributed by atoms with van der Waals surface area (Å²) in [5.74, 6) is -0.322. The molecule has 4 heterocycles. The number of fused-ring (bicyclic) bond motifs is 1. The third kappa shape index (κ3) is 2.44. The van der Waals surface area contributed by atoms with Crippen LogP contribution in [0.25, 0.3) is 16.9 Å². The molecule has 0 spiro atoms. The van der Waals surface area contributed by atoms with Gasteiger partial charge >= 0.3 is 0 Å². The SMILES string of the molecule is Fc1cccnc1Cc1cnn2c(-c3ccncc3)ccnc12.